The Hall–Kier alpha value is -3.86. The number of rotatable bonds is 5. The Labute approximate surface area is 194 Å². The van der Waals surface area contributed by atoms with Crippen LogP contribution in [0.25, 0.3) is 5.57 Å². The minimum atomic E-state index is -0.397. The van der Waals surface area contributed by atoms with Gasteiger partial charge in [-0.15, -0.1) is 0 Å². The lowest BCUT2D eigenvalue weighted by Gasteiger charge is -2.19. The number of methoxy groups -OCH3 is 1. The quantitative estimate of drug-likeness (QED) is 0.517. The summed E-state index contributed by atoms with van der Waals surface area (Å²) < 4.78 is 5.51. The summed E-state index contributed by atoms with van der Waals surface area (Å²) in [6.45, 7) is 8.38. The first kappa shape index (κ1) is 22.3. The molecule has 1 heterocycles. The van der Waals surface area contributed by atoms with E-state index in [0.29, 0.717) is 22.6 Å². The molecule has 0 saturated heterocycles. The Kier molecular flexibility index (Phi) is 5.81. The highest BCUT2D eigenvalue weighted by molar-refractivity contribution is 6.46. The van der Waals surface area contributed by atoms with Crippen LogP contribution < -0.4 is 15.0 Å². The van der Waals surface area contributed by atoms with E-state index in [1.807, 2.05) is 61.5 Å². The van der Waals surface area contributed by atoms with Crippen molar-refractivity contribution in [1.29, 1.82) is 0 Å². The number of para-hydroxylation sites is 1. The maximum absolute atomic E-state index is 13.6. The molecule has 3 aromatic rings. The summed E-state index contributed by atoms with van der Waals surface area (Å²) in [5.41, 5.74) is 4.53. The molecule has 5 heteroatoms. The summed E-state index contributed by atoms with van der Waals surface area (Å²) in [4.78, 5) is 28.4. The fourth-order valence-corrected chi connectivity index (χ4v) is 3.95. The fourth-order valence-electron chi connectivity index (χ4n) is 3.95. The van der Waals surface area contributed by atoms with Gasteiger partial charge in [0.05, 0.1) is 18.4 Å². The van der Waals surface area contributed by atoms with Crippen LogP contribution in [0.2, 0.25) is 0 Å². The van der Waals surface area contributed by atoms with Gasteiger partial charge in [-0.05, 0) is 53.8 Å². The predicted molar refractivity (Wildman–Crippen MR) is 132 cm³/mol. The van der Waals surface area contributed by atoms with E-state index in [0.717, 1.165) is 11.3 Å². The van der Waals surface area contributed by atoms with Crippen LogP contribution in [0.3, 0.4) is 0 Å². The van der Waals surface area contributed by atoms with Crippen molar-refractivity contribution in [2.24, 2.45) is 0 Å². The van der Waals surface area contributed by atoms with Crippen molar-refractivity contribution in [2.45, 2.75) is 33.1 Å². The second-order valence-electron chi connectivity index (χ2n) is 9.19. The molecule has 168 valence electrons. The minimum absolute atomic E-state index is 0.0154. The van der Waals surface area contributed by atoms with Crippen LogP contribution in [-0.4, -0.2) is 18.9 Å². The first-order chi connectivity index (χ1) is 15.7. The van der Waals surface area contributed by atoms with Gasteiger partial charge in [-0.25, -0.2) is 4.90 Å². The third-order valence-electron chi connectivity index (χ3n) is 5.74. The predicted octanol–water partition coefficient (Wildman–Crippen LogP) is 5.70. The summed E-state index contributed by atoms with van der Waals surface area (Å²) in [6.07, 6.45) is 0. The molecule has 3 aromatic carbocycles. The molecule has 0 aliphatic carbocycles. The Morgan fingerprint density at radius 2 is 1.55 bits per heavy atom. The van der Waals surface area contributed by atoms with Gasteiger partial charge in [-0.3, -0.25) is 9.59 Å². The van der Waals surface area contributed by atoms with E-state index in [4.69, 9.17) is 4.74 Å². The molecule has 0 unspecified atom stereocenters. The lowest BCUT2D eigenvalue weighted by atomic mass is 9.87. The summed E-state index contributed by atoms with van der Waals surface area (Å²) in [5.74, 6) is -0.252. The van der Waals surface area contributed by atoms with E-state index in [-0.39, 0.29) is 17.0 Å². The highest BCUT2D eigenvalue weighted by Crippen LogP contribution is 2.37. The number of amides is 2. The molecular weight excluding hydrogens is 412 g/mol. The Bertz CT molecular complexity index is 1250. The molecule has 5 nitrogen and oxygen atoms in total. The summed E-state index contributed by atoms with van der Waals surface area (Å²) in [5, 5.41) is 3.23. The molecule has 0 atom stereocenters. The number of hydrogen-bond donors (Lipinski definition) is 1. The van der Waals surface area contributed by atoms with Crippen molar-refractivity contribution in [3.63, 3.8) is 0 Å². The van der Waals surface area contributed by atoms with E-state index in [1.54, 1.807) is 25.3 Å². The molecule has 0 aromatic heterocycles. The molecule has 0 spiro atoms. The van der Waals surface area contributed by atoms with Gasteiger partial charge in [-0.1, -0.05) is 63.2 Å². The number of aryl methyl sites for hydroxylation is 1. The van der Waals surface area contributed by atoms with Crippen molar-refractivity contribution in [3.05, 3.63) is 95.2 Å². The van der Waals surface area contributed by atoms with E-state index >= 15 is 0 Å². The SMILES string of the molecule is COc1ccccc1C1=C(Nc2ccc(C(C)(C)C)cc2)C(=O)N(c2cccc(C)c2)C1=O. The molecule has 1 aliphatic rings. The summed E-state index contributed by atoms with van der Waals surface area (Å²) in [7, 11) is 1.55. The lowest BCUT2D eigenvalue weighted by Crippen LogP contribution is -2.32. The second kappa shape index (κ2) is 8.58. The van der Waals surface area contributed by atoms with Crippen molar-refractivity contribution in [1.82, 2.24) is 0 Å². The first-order valence-corrected chi connectivity index (χ1v) is 10.9. The van der Waals surface area contributed by atoms with Gasteiger partial charge >= 0.3 is 0 Å². The first-order valence-electron chi connectivity index (χ1n) is 10.9. The van der Waals surface area contributed by atoms with Gasteiger partial charge in [0, 0.05) is 11.3 Å². The lowest BCUT2D eigenvalue weighted by molar-refractivity contribution is -0.120. The molecule has 1 aliphatic heterocycles. The van der Waals surface area contributed by atoms with Crippen LogP contribution in [-0.2, 0) is 15.0 Å². The smallest absolute Gasteiger partial charge is 0.282 e. The summed E-state index contributed by atoms with van der Waals surface area (Å²) in [6, 6.07) is 22.5. The highest BCUT2D eigenvalue weighted by Gasteiger charge is 2.41. The largest absolute Gasteiger partial charge is 0.496 e. The van der Waals surface area contributed by atoms with E-state index in [1.165, 1.54) is 10.5 Å². The van der Waals surface area contributed by atoms with Crippen LogP contribution in [0, 0.1) is 6.92 Å². The number of nitrogens with zero attached hydrogens (tertiary/aromatic N) is 1. The third kappa shape index (κ3) is 4.27. The number of anilines is 2. The Morgan fingerprint density at radius 1 is 0.848 bits per heavy atom. The third-order valence-corrected chi connectivity index (χ3v) is 5.74. The van der Waals surface area contributed by atoms with Gasteiger partial charge in [0.1, 0.15) is 11.4 Å². The number of carbonyl (C=O) groups is 2. The number of imide groups is 1. The van der Waals surface area contributed by atoms with Gasteiger partial charge in [0.2, 0.25) is 0 Å². The van der Waals surface area contributed by atoms with Gasteiger partial charge < -0.3 is 10.1 Å². The zero-order chi connectivity index (χ0) is 23.8. The maximum Gasteiger partial charge on any atom is 0.282 e. The molecule has 0 bridgehead atoms. The van der Waals surface area contributed by atoms with E-state index < -0.39 is 5.91 Å². The monoisotopic (exact) mass is 440 g/mol. The van der Waals surface area contributed by atoms with Gasteiger partial charge in [-0.2, -0.15) is 0 Å². The second-order valence-corrected chi connectivity index (χ2v) is 9.19. The van der Waals surface area contributed by atoms with Crippen molar-refractivity contribution in [3.8, 4) is 5.75 Å². The average molecular weight is 441 g/mol. The average Bonchev–Trinajstić information content (AvgIpc) is 3.02. The summed E-state index contributed by atoms with van der Waals surface area (Å²) >= 11 is 0. The highest BCUT2D eigenvalue weighted by atomic mass is 16.5. The van der Waals surface area contributed by atoms with Crippen LogP contribution >= 0.6 is 0 Å². The van der Waals surface area contributed by atoms with Crippen LogP contribution in [0.15, 0.2) is 78.5 Å². The van der Waals surface area contributed by atoms with E-state index in [2.05, 4.69) is 26.1 Å². The van der Waals surface area contributed by atoms with Crippen molar-refractivity contribution in [2.75, 3.05) is 17.3 Å². The van der Waals surface area contributed by atoms with Crippen LogP contribution in [0.1, 0.15) is 37.5 Å². The van der Waals surface area contributed by atoms with Gasteiger partial charge in [0.25, 0.3) is 11.8 Å². The van der Waals surface area contributed by atoms with Crippen molar-refractivity contribution < 1.29 is 14.3 Å². The molecule has 4 rings (SSSR count). The molecule has 0 radical (unpaired) electrons. The molecule has 2 amide bonds. The maximum atomic E-state index is 13.6. The van der Waals surface area contributed by atoms with Crippen LogP contribution in [0.4, 0.5) is 11.4 Å². The number of hydrogen-bond acceptors (Lipinski definition) is 4. The fraction of sp³-hybridized carbons (Fsp3) is 0.214. The topological polar surface area (TPSA) is 58.6 Å². The molecule has 1 N–H and O–H groups in total. The number of benzene rings is 3. The van der Waals surface area contributed by atoms with E-state index in [9.17, 15) is 9.59 Å². The Balaban J connectivity index is 1.82. The standard InChI is InChI=1S/C28H28N2O3/c1-18-9-8-10-21(17-18)30-26(31)24(22-11-6-7-12-23(22)33-5)25(27(30)32)29-20-15-13-19(14-16-20)28(2,3)4/h6-17,29H,1-5H3. The molecule has 0 fully saturated rings. The molecule has 0 saturated carbocycles. The number of ether oxygens (including phenoxy) is 1. The minimum Gasteiger partial charge on any atom is -0.496 e. The number of carbonyl (C=O) groups excluding carboxylic acids is 2. The normalized spacial score (nSPS) is 14.2. The van der Waals surface area contributed by atoms with Crippen LogP contribution in [0.5, 0.6) is 5.75 Å². The molecule has 33 heavy (non-hydrogen) atoms. The molecular formula is C28H28N2O3. The number of nitrogens with one attached hydrogen (secondary N) is 1. The zero-order valence-electron chi connectivity index (χ0n) is 19.6. The zero-order valence-corrected chi connectivity index (χ0v) is 19.6. The Morgan fingerprint density at radius 3 is 2.18 bits per heavy atom. The van der Waals surface area contributed by atoms with Gasteiger partial charge in [0.15, 0.2) is 0 Å². The van der Waals surface area contributed by atoms with Crippen molar-refractivity contribution >= 4 is 28.8 Å².